The van der Waals surface area contributed by atoms with Gasteiger partial charge in [0.05, 0.1) is 0 Å². The van der Waals surface area contributed by atoms with Gasteiger partial charge in [-0.15, -0.1) is 0 Å². The maximum absolute atomic E-state index is 5.88. The summed E-state index contributed by atoms with van der Waals surface area (Å²) in [6, 6.07) is 0.109. The lowest BCUT2D eigenvalue weighted by atomic mass is 9.85. The highest BCUT2D eigenvalue weighted by Gasteiger charge is 2.24. The summed E-state index contributed by atoms with van der Waals surface area (Å²) in [4.78, 5) is 0. The molecule has 0 saturated carbocycles. The van der Waals surface area contributed by atoms with Gasteiger partial charge < -0.3 is 11.5 Å². The predicted octanol–water partition coefficient (Wildman–Crippen LogP) is 1.10. The number of rotatable bonds is 3. The second-order valence-electron chi connectivity index (χ2n) is 3.73. The molecule has 2 atom stereocenters. The zero-order chi connectivity index (χ0) is 8.36. The molecule has 62 valence electrons. The van der Waals surface area contributed by atoms with Crippen molar-refractivity contribution in [3.05, 3.63) is 0 Å². The summed E-state index contributed by atoms with van der Waals surface area (Å²) in [5.41, 5.74) is 11.5. The average molecular weight is 144 g/mol. The second kappa shape index (κ2) is 3.35. The third kappa shape index (κ3) is 2.67. The van der Waals surface area contributed by atoms with Gasteiger partial charge in [-0.3, -0.25) is 0 Å². The fourth-order valence-corrected chi connectivity index (χ4v) is 0.987. The summed E-state index contributed by atoms with van der Waals surface area (Å²) in [6.07, 6.45) is 1.10. The second-order valence-corrected chi connectivity index (χ2v) is 3.73. The maximum atomic E-state index is 5.88. The average Bonchev–Trinajstić information content (AvgIpc) is 1.83. The molecule has 10 heavy (non-hydrogen) atoms. The molecule has 0 radical (unpaired) electrons. The van der Waals surface area contributed by atoms with E-state index in [-0.39, 0.29) is 11.6 Å². The van der Waals surface area contributed by atoms with Gasteiger partial charge >= 0.3 is 0 Å². The summed E-state index contributed by atoms with van der Waals surface area (Å²) >= 11 is 0. The lowest BCUT2D eigenvalue weighted by Gasteiger charge is -2.31. The summed E-state index contributed by atoms with van der Waals surface area (Å²) < 4.78 is 0. The van der Waals surface area contributed by atoms with Crippen LogP contribution in [0.2, 0.25) is 0 Å². The Morgan fingerprint density at radius 3 is 1.90 bits per heavy atom. The van der Waals surface area contributed by atoms with Crippen molar-refractivity contribution >= 4 is 0 Å². The van der Waals surface area contributed by atoms with Crippen molar-refractivity contribution in [1.82, 2.24) is 0 Å². The van der Waals surface area contributed by atoms with Gasteiger partial charge in [0, 0.05) is 11.6 Å². The summed E-state index contributed by atoms with van der Waals surface area (Å²) in [6.45, 7) is 8.23. The molecule has 0 amide bonds. The van der Waals surface area contributed by atoms with E-state index in [0.29, 0.717) is 5.92 Å². The van der Waals surface area contributed by atoms with Crippen molar-refractivity contribution in [2.45, 2.75) is 45.7 Å². The topological polar surface area (TPSA) is 52.0 Å². The van der Waals surface area contributed by atoms with E-state index in [0.717, 1.165) is 6.42 Å². The summed E-state index contributed by atoms with van der Waals surface area (Å²) in [5, 5.41) is 0. The zero-order valence-corrected chi connectivity index (χ0v) is 7.52. The van der Waals surface area contributed by atoms with Gasteiger partial charge in [0.1, 0.15) is 0 Å². The Kier molecular flexibility index (Phi) is 3.33. The van der Waals surface area contributed by atoms with Crippen molar-refractivity contribution in [2.75, 3.05) is 0 Å². The molecule has 0 aromatic heterocycles. The molecule has 0 bridgehead atoms. The molecular formula is C8H20N2. The number of hydrogen-bond acceptors (Lipinski definition) is 2. The van der Waals surface area contributed by atoms with Crippen molar-refractivity contribution in [3.8, 4) is 0 Å². The van der Waals surface area contributed by atoms with Gasteiger partial charge in [0.2, 0.25) is 0 Å². The zero-order valence-electron chi connectivity index (χ0n) is 7.52. The first-order chi connectivity index (χ1) is 4.39. The molecule has 2 unspecified atom stereocenters. The molecule has 0 aliphatic rings. The highest BCUT2D eigenvalue weighted by molar-refractivity contribution is 4.88. The summed E-state index contributed by atoms with van der Waals surface area (Å²) in [7, 11) is 0. The lowest BCUT2D eigenvalue weighted by Crippen LogP contribution is -2.53. The van der Waals surface area contributed by atoms with Crippen LogP contribution >= 0.6 is 0 Å². The van der Waals surface area contributed by atoms with Crippen LogP contribution in [0.5, 0.6) is 0 Å². The van der Waals surface area contributed by atoms with Crippen LogP contribution < -0.4 is 11.5 Å². The molecule has 0 rings (SSSR count). The molecule has 2 nitrogen and oxygen atoms in total. The van der Waals surface area contributed by atoms with Crippen molar-refractivity contribution < 1.29 is 0 Å². The van der Waals surface area contributed by atoms with E-state index < -0.39 is 0 Å². The Bertz CT molecular complexity index is 93.9. The Balaban J connectivity index is 3.94. The van der Waals surface area contributed by atoms with Crippen molar-refractivity contribution in [1.29, 1.82) is 0 Å². The van der Waals surface area contributed by atoms with Crippen LogP contribution in [0.3, 0.4) is 0 Å². The maximum Gasteiger partial charge on any atom is 0.0253 e. The van der Waals surface area contributed by atoms with Gasteiger partial charge in [-0.2, -0.15) is 0 Å². The highest BCUT2D eigenvalue weighted by atomic mass is 14.8. The van der Waals surface area contributed by atoms with Crippen LogP contribution in [0.25, 0.3) is 0 Å². The van der Waals surface area contributed by atoms with Crippen LogP contribution in [0, 0.1) is 5.92 Å². The first kappa shape index (κ1) is 9.92. The summed E-state index contributed by atoms with van der Waals surface area (Å²) in [5.74, 6) is 0.514. The third-order valence-electron chi connectivity index (χ3n) is 2.12. The van der Waals surface area contributed by atoms with Crippen LogP contribution in [-0.4, -0.2) is 11.6 Å². The minimum absolute atomic E-state index is 0.109. The Hall–Kier alpha value is -0.0800. The van der Waals surface area contributed by atoms with Gasteiger partial charge in [-0.25, -0.2) is 0 Å². The van der Waals surface area contributed by atoms with E-state index in [2.05, 4.69) is 13.8 Å². The van der Waals surface area contributed by atoms with E-state index in [4.69, 9.17) is 11.5 Å². The first-order valence-corrected chi connectivity index (χ1v) is 3.94. The molecule has 0 heterocycles. The fourth-order valence-electron chi connectivity index (χ4n) is 0.987. The monoisotopic (exact) mass is 144 g/mol. The molecular weight excluding hydrogens is 124 g/mol. The Morgan fingerprint density at radius 1 is 1.40 bits per heavy atom. The predicted molar refractivity (Wildman–Crippen MR) is 45.7 cm³/mol. The van der Waals surface area contributed by atoms with Gasteiger partial charge in [0.15, 0.2) is 0 Å². The lowest BCUT2D eigenvalue weighted by molar-refractivity contribution is 0.309. The molecule has 0 aliphatic heterocycles. The molecule has 0 aliphatic carbocycles. The van der Waals surface area contributed by atoms with E-state index >= 15 is 0 Å². The van der Waals surface area contributed by atoms with Crippen molar-refractivity contribution in [2.24, 2.45) is 17.4 Å². The van der Waals surface area contributed by atoms with Gasteiger partial charge in [-0.05, 0) is 19.8 Å². The molecule has 0 saturated heterocycles. The highest BCUT2D eigenvalue weighted by Crippen LogP contribution is 2.14. The molecule has 0 aromatic rings. The molecule has 2 heteroatoms. The third-order valence-corrected chi connectivity index (χ3v) is 2.12. The molecule has 4 N–H and O–H groups in total. The fraction of sp³-hybridized carbons (Fsp3) is 1.00. The number of hydrogen-bond donors (Lipinski definition) is 2. The SMILES string of the molecule is CCC(C)C(N)C(C)(C)N. The number of nitrogens with two attached hydrogens (primary N) is 2. The van der Waals surface area contributed by atoms with E-state index in [1.165, 1.54) is 0 Å². The largest absolute Gasteiger partial charge is 0.326 e. The van der Waals surface area contributed by atoms with E-state index in [1.54, 1.807) is 0 Å². The van der Waals surface area contributed by atoms with Crippen LogP contribution in [-0.2, 0) is 0 Å². The smallest absolute Gasteiger partial charge is 0.0253 e. The normalized spacial score (nSPS) is 18.6. The molecule has 0 aromatic carbocycles. The van der Waals surface area contributed by atoms with Crippen LogP contribution in [0.15, 0.2) is 0 Å². The quantitative estimate of drug-likeness (QED) is 0.623. The minimum atomic E-state index is -0.241. The molecule has 0 fully saturated rings. The Labute approximate surface area is 64.0 Å². The first-order valence-electron chi connectivity index (χ1n) is 3.94. The minimum Gasteiger partial charge on any atom is -0.326 e. The molecule has 0 spiro atoms. The Morgan fingerprint density at radius 2 is 1.80 bits per heavy atom. The van der Waals surface area contributed by atoms with Gasteiger partial charge in [0.25, 0.3) is 0 Å². The van der Waals surface area contributed by atoms with Gasteiger partial charge in [-0.1, -0.05) is 20.3 Å². The van der Waals surface area contributed by atoms with E-state index in [1.807, 2.05) is 13.8 Å². The van der Waals surface area contributed by atoms with E-state index in [9.17, 15) is 0 Å². The standard InChI is InChI=1S/C8H20N2/c1-5-6(2)7(9)8(3,4)10/h6-7H,5,9-10H2,1-4H3. The van der Waals surface area contributed by atoms with Crippen molar-refractivity contribution in [3.63, 3.8) is 0 Å². The van der Waals surface area contributed by atoms with Crippen LogP contribution in [0.1, 0.15) is 34.1 Å². The van der Waals surface area contributed by atoms with Crippen LogP contribution in [0.4, 0.5) is 0 Å².